The summed E-state index contributed by atoms with van der Waals surface area (Å²) in [5, 5.41) is 0. The van der Waals surface area contributed by atoms with Crippen LogP contribution in [0.5, 0.6) is 0 Å². The highest BCUT2D eigenvalue weighted by Crippen LogP contribution is 2.34. The third kappa shape index (κ3) is 26.1. The molecule has 0 fully saturated rings. The Labute approximate surface area is 360 Å². The van der Waals surface area contributed by atoms with Crippen LogP contribution in [0.25, 0.3) is 11.1 Å². The zero-order valence-electron chi connectivity index (χ0n) is 38.3. The van der Waals surface area contributed by atoms with Gasteiger partial charge in [-0.25, -0.2) is 0 Å². The summed E-state index contributed by atoms with van der Waals surface area (Å²) in [5.41, 5.74) is 17.1. The van der Waals surface area contributed by atoms with E-state index in [0.717, 1.165) is 38.5 Å². The van der Waals surface area contributed by atoms with Crippen molar-refractivity contribution in [2.24, 2.45) is 0 Å². The molecule has 58 heavy (non-hydrogen) atoms. The third-order valence-corrected chi connectivity index (χ3v) is 12.0. The van der Waals surface area contributed by atoms with Crippen molar-refractivity contribution in [2.75, 3.05) is 0 Å². The van der Waals surface area contributed by atoms with E-state index >= 15 is 0 Å². The number of hydrogen-bond donors (Lipinski definition) is 0. The highest BCUT2D eigenvalue weighted by Gasteiger charge is 2.15. The van der Waals surface area contributed by atoms with Crippen molar-refractivity contribution in [1.29, 1.82) is 0 Å². The number of aryl methyl sites for hydroxylation is 2. The molecule has 0 saturated heterocycles. The van der Waals surface area contributed by atoms with Crippen LogP contribution in [0.2, 0.25) is 0 Å². The van der Waals surface area contributed by atoms with E-state index in [0.29, 0.717) is 0 Å². The maximum absolute atomic E-state index is 9.40. The fourth-order valence-corrected chi connectivity index (χ4v) is 8.43. The van der Waals surface area contributed by atoms with Gasteiger partial charge in [0.1, 0.15) is 0 Å². The van der Waals surface area contributed by atoms with Crippen molar-refractivity contribution < 1.29 is 4.79 Å². The van der Waals surface area contributed by atoms with E-state index < -0.39 is 0 Å². The minimum atomic E-state index is 0.876. The lowest BCUT2D eigenvalue weighted by molar-refractivity contribution is 0.00800. The Morgan fingerprint density at radius 3 is 1.52 bits per heavy atom. The zero-order chi connectivity index (χ0) is 41.4. The molecular weight excluding hydrogens is 701 g/mol. The molecule has 0 radical (unpaired) electrons. The second-order valence-corrected chi connectivity index (χ2v) is 17.3. The van der Waals surface area contributed by atoms with Crippen LogP contribution in [0.4, 0.5) is 0 Å². The van der Waals surface area contributed by atoms with E-state index in [4.69, 9.17) is 0 Å². The molecule has 0 spiro atoms. The van der Waals surface area contributed by atoms with Gasteiger partial charge in [0.2, 0.25) is 0 Å². The number of benzene rings is 2. The maximum Gasteiger partial charge on any atom is 0.299 e. The monoisotopic (exact) mass is 789 g/mol. The number of hydrogen-bond acceptors (Lipinski definition) is 0. The van der Waals surface area contributed by atoms with Gasteiger partial charge in [-0.2, -0.15) is 0 Å². The van der Waals surface area contributed by atoms with Gasteiger partial charge in [-0.3, -0.25) is 0 Å². The van der Waals surface area contributed by atoms with Crippen LogP contribution in [0, 0.1) is 11.8 Å². The third-order valence-electron chi connectivity index (χ3n) is 12.0. The molecule has 0 bridgehead atoms. The molecule has 0 heterocycles. The molecule has 0 saturated carbocycles. The van der Waals surface area contributed by atoms with Crippen molar-refractivity contribution in [2.45, 2.75) is 245 Å². The van der Waals surface area contributed by atoms with E-state index in [1.807, 2.05) is 6.08 Å². The van der Waals surface area contributed by atoms with Crippen molar-refractivity contribution in [3.63, 3.8) is 0 Å². The molecule has 2 aromatic carbocycles. The SMILES string of the molecule is CCCCCCCCCCCCCCCCCCCCCCCCC#CCCc1ccccc1C(=C(C=C=[N+]=[N-])CCCCCCCC)c1cccc(CCCC)c1. The standard InChI is InChI=1S/C56H88N2/c1-4-7-10-12-14-15-16-17-18-19-20-21-22-23-24-25-26-27-28-29-30-31-32-33-35-36-43-52-44-38-39-47-55(52)56(54-46-40-42-51(50-54)41-9-6-3)53(48-49-58-57)45-37-34-13-11-8-5-2/h38-40,42,44,46-48,50H,4-32,34,36-37,41,43,45H2,1-3H3. The van der Waals surface area contributed by atoms with Crippen LogP contribution < -0.4 is 0 Å². The van der Waals surface area contributed by atoms with E-state index in [1.54, 1.807) is 0 Å². The van der Waals surface area contributed by atoms with Crippen LogP contribution in [-0.2, 0) is 12.8 Å². The Bertz CT molecular complexity index is 1460. The molecule has 2 heteroatoms. The van der Waals surface area contributed by atoms with Gasteiger partial charge in [-0.15, -0.1) is 16.6 Å². The summed E-state index contributed by atoms with van der Waals surface area (Å²) in [5.74, 6) is 9.82. The molecule has 0 unspecified atom stereocenters. The van der Waals surface area contributed by atoms with Gasteiger partial charge in [-0.1, -0.05) is 243 Å². The number of nitrogens with zero attached hydrogens (tertiary/aromatic N) is 2. The van der Waals surface area contributed by atoms with Crippen molar-refractivity contribution in [1.82, 2.24) is 0 Å². The van der Waals surface area contributed by atoms with Gasteiger partial charge in [-0.05, 0) is 71.9 Å². The van der Waals surface area contributed by atoms with Crippen LogP contribution in [0.3, 0.4) is 0 Å². The van der Waals surface area contributed by atoms with Gasteiger partial charge in [0.25, 0.3) is 5.87 Å². The minimum Gasteiger partial charge on any atom is -0.348 e. The van der Waals surface area contributed by atoms with Crippen molar-refractivity contribution >= 4 is 11.4 Å². The Balaban J connectivity index is 1.74. The number of unbranched alkanes of at least 4 members (excludes halogenated alkanes) is 28. The first-order chi connectivity index (χ1) is 28.7. The molecule has 0 aliphatic carbocycles. The fraction of sp³-hybridized carbons (Fsp3) is 0.679. The minimum absolute atomic E-state index is 0.876. The Morgan fingerprint density at radius 1 is 0.500 bits per heavy atom. The summed E-state index contributed by atoms with van der Waals surface area (Å²) >= 11 is 0. The summed E-state index contributed by atoms with van der Waals surface area (Å²) in [4.78, 5) is 3.28. The first kappa shape index (κ1) is 51.0. The molecule has 0 amide bonds. The first-order valence-corrected chi connectivity index (χ1v) is 25.0. The number of allylic oxidation sites excluding steroid dienone is 2. The van der Waals surface area contributed by atoms with E-state index in [1.165, 1.54) is 220 Å². The van der Waals surface area contributed by atoms with Crippen LogP contribution in [-0.4, -0.2) is 10.7 Å². The predicted molar refractivity (Wildman–Crippen MR) is 257 cm³/mol. The summed E-state index contributed by atoms with van der Waals surface area (Å²) < 4.78 is 0. The van der Waals surface area contributed by atoms with Crippen LogP contribution in [0.15, 0.2) is 60.2 Å². The molecule has 322 valence electrons. The normalized spacial score (nSPS) is 11.4. The maximum atomic E-state index is 9.40. The lowest BCUT2D eigenvalue weighted by Crippen LogP contribution is -2.00. The Hall–Kier alpha value is -3.10. The highest BCUT2D eigenvalue weighted by atomic mass is 14.8. The molecular formula is C56H88N2. The smallest absolute Gasteiger partial charge is 0.299 e. The van der Waals surface area contributed by atoms with Crippen LogP contribution in [0.1, 0.15) is 255 Å². The average Bonchev–Trinajstić information content (AvgIpc) is 3.25. The second kappa shape index (κ2) is 38.1. The fourth-order valence-electron chi connectivity index (χ4n) is 8.43. The van der Waals surface area contributed by atoms with Gasteiger partial charge < -0.3 is 5.53 Å². The predicted octanol–water partition coefficient (Wildman–Crippen LogP) is 18.0. The first-order valence-electron chi connectivity index (χ1n) is 25.0. The van der Waals surface area contributed by atoms with Crippen LogP contribution >= 0.6 is 0 Å². The molecule has 2 nitrogen and oxygen atoms in total. The molecule has 0 atom stereocenters. The Kier molecular flexibility index (Phi) is 33.6. The zero-order valence-corrected chi connectivity index (χ0v) is 38.3. The lowest BCUT2D eigenvalue weighted by Gasteiger charge is -2.18. The van der Waals surface area contributed by atoms with Crippen molar-refractivity contribution in [3.05, 3.63) is 88.0 Å². The average molecular weight is 789 g/mol. The topological polar surface area (TPSA) is 36.4 Å². The van der Waals surface area contributed by atoms with E-state index in [9.17, 15) is 5.53 Å². The summed E-state index contributed by atoms with van der Waals surface area (Å²) in [6.45, 7) is 6.83. The van der Waals surface area contributed by atoms with Gasteiger partial charge in [0.05, 0.1) is 6.08 Å². The molecule has 0 aromatic heterocycles. The quantitative estimate of drug-likeness (QED) is 0.0163. The molecule has 0 aliphatic rings. The number of rotatable bonds is 37. The summed E-state index contributed by atoms with van der Waals surface area (Å²) in [6, 6.07) is 18.0. The molecule has 0 aliphatic heterocycles. The van der Waals surface area contributed by atoms with E-state index in [2.05, 4.69) is 91.8 Å². The summed E-state index contributed by atoms with van der Waals surface area (Å²) in [7, 11) is 0. The highest BCUT2D eigenvalue weighted by molar-refractivity contribution is 5.86. The largest absolute Gasteiger partial charge is 0.348 e. The lowest BCUT2D eigenvalue weighted by atomic mass is 9.86. The van der Waals surface area contributed by atoms with Gasteiger partial charge >= 0.3 is 0 Å². The summed E-state index contributed by atoms with van der Waals surface area (Å²) in [6.07, 6.45) is 48.0. The van der Waals surface area contributed by atoms with Gasteiger partial charge in [0.15, 0.2) is 0 Å². The van der Waals surface area contributed by atoms with E-state index in [-0.39, 0.29) is 0 Å². The van der Waals surface area contributed by atoms with Gasteiger partial charge in [0, 0.05) is 12.8 Å². The Morgan fingerprint density at radius 2 is 0.983 bits per heavy atom. The molecule has 2 rings (SSSR count). The second-order valence-electron chi connectivity index (χ2n) is 17.3. The molecule has 0 N–H and O–H groups in total. The van der Waals surface area contributed by atoms with Crippen molar-refractivity contribution in [3.8, 4) is 11.8 Å². The molecule has 2 aromatic rings.